The molecule has 0 spiro atoms. The first-order valence-corrected chi connectivity index (χ1v) is 0.952. The second-order valence-corrected chi connectivity index (χ2v) is 0.326. The fraction of sp³-hybridized carbons (Fsp3) is 0. The fourth-order valence-corrected chi connectivity index (χ4v) is 0. The second kappa shape index (κ2) is 16.4. The molecule has 0 aromatic heterocycles. The number of nitrogens with zero attached hydrogens (tertiary/aromatic N) is 1. The minimum Gasteiger partial charge on any atom is 0 e. The van der Waals surface area contributed by atoms with E-state index < -0.39 is 0 Å². The van der Waals surface area contributed by atoms with Gasteiger partial charge in [-0.05, 0) is 0 Å². The van der Waals surface area contributed by atoms with Gasteiger partial charge >= 0.3 is 77.6 Å². The third-order valence-corrected chi connectivity index (χ3v) is 0. The number of hydrogen-bond donors (Lipinski definition) is 0. The van der Waals surface area contributed by atoms with Gasteiger partial charge in [0.25, 0.3) is 0 Å². The largest absolute Gasteiger partial charge is 0 e. The van der Waals surface area contributed by atoms with Crippen LogP contribution in [0, 0.1) is 10.2 Å². The van der Waals surface area contributed by atoms with Crippen molar-refractivity contribution >= 4 is 51.4 Å². The van der Waals surface area contributed by atoms with E-state index in [4.69, 9.17) is 5.26 Å². The van der Waals surface area contributed by atoms with Crippen LogP contribution < -0.4 is 0 Å². The Morgan fingerprint density at radius 3 is 1.60 bits per heavy atom. The molecule has 1 nitrogen and oxygen atoms in total. The summed E-state index contributed by atoms with van der Waals surface area (Å²) in [6.45, 7) is 0. The van der Waals surface area contributed by atoms with Gasteiger partial charge in [-0.3, -0.25) is 0 Å². The summed E-state index contributed by atoms with van der Waals surface area (Å²) in [5, 5.41) is 7.21. The van der Waals surface area contributed by atoms with Crippen molar-refractivity contribution in [3.8, 4) is 4.97 Å². The molecule has 0 unspecified atom stereocenters. The van der Waals surface area contributed by atoms with Gasteiger partial charge in [0.2, 0.25) is 0 Å². The molecule has 0 amide bonds. The maximum Gasteiger partial charge on any atom is 0 e. The second-order valence-electron chi connectivity index (χ2n) is 0.0791. The number of rotatable bonds is 0. The molecule has 0 fully saturated rings. The summed E-state index contributed by atoms with van der Waals surface area (Å²) in [7, 11) is 0. The molecule has 0 heterocycles. The molecule has 4 heteroatoms. The Bertz CT molecular complexity index is 33.1. The molecule has 0 aromatic carbocycles. The molecule has 0 bridgehead atoms. The molecule has 0 saturated carbocycles. The zero-order valence-electron chi connectivity index (χ0n) is 1.68. The van der Waals surface area contributed by atoms with E-state index in [9.17, 15) is 0 Å². The van der Waals surface area contributed by atoms with E-state index in [1.807, 2.05) is 0 Å². The predicted octanol–water partition coefficient (Wildman–Crippen LogP) is -0.637. The topological polar surface area (TPSA) is 23.8 Å². The van der Waals surface area contributed by atoms with Crippen LogP contribution in [0.15, 0.2) is 0 Å². The summed E-state index contributed by atoms with van der Waals surface area (Å²) in [6.07, 6.45) is 0. The third-order valence-electron chi connectivity index (χ3n) is 0. The molecule has 0 aliphatic carbocycles. The first-order chi connectivity index (χ1) is 1.41. The van der Waals surface area contributed by atoms with Crippen molar-refractivity contribution in [1.29, 1.82) is 5.26 Å². The van der Waals surface area contributed by atoms with Crippen LogP contribution in [0.25, 0.3) is 0 Å². The fourth-order valence-electron chi connectivity index (χ4n) is 0. The maximum absolute atomic E-state index is 7.21. The van der Waals surface area contributed by atoms with Crippen molar-refractivity contribution in [2.75, 3.05) is 0 Å². The van der Waals surface area contributed by atoms with E-state index >= 15 is 0 Å². The Balaban J connectivity index is -0.0000000200. The van der Waals surface area contributed by atoms with Crippen LogP contribution >= 0.6 is 0 Å². The quantitative estimate of drug-likeness (QED) is 0.451. The van der Waals surface area contributed by atoms with Gasteiger partial charge in [0.1, 0.15) is 0 Å². The van der Waals surface area contributed by atoms with Gasteiger partial charge in [0, 0.05) is 17.1 Å². The van der Waals surface area contributed by atoms with E-state index in [0.29, 0.717) is 0 Å². The summed E-state index contributed by atoms with van der Waals surface area (Å²) in [5.74, 6) is 0. The molecule has 5 heavy (non-hydrogen) atoms. The average molecular weight is 177 g/mol. The van der Waals surface area contributed by atoms with Crippen LogP contribution in [0.3, 0.4) is 0 Å². The normalized spacial score (nSPS) is 1.60. The standard InChI is InChI=1S/CN.Fe.K.Mn.H/c1-2;;;;. The van der Waals surface area contributed by atoms with Gasteiger partial charge in [0.05, 0.1) is 0 Å². The predicted molar refractivity (Wildman–Crippen MR) is 12.8 cm³/mol. The van der Waals surface area contributed by atoms with Gasteiger partial charge in [-0.2, -0.15) is 0 Å². The van der Waals surface area contributed by atoms with Crippen LogP contribution in [-0.2, 0) is 33.1 Å². The smallest absolute Gasteiger partial charge is 0 e. The summed E-state index contributed by atoms with van der Waals surface area (Å²) in [4.78, 5) is 1.50. The summed E-state index contributed by atoms with van der Waals surface area (Å²) >= 11 is 2.79. The Morgan fingerprint density at radius 2 is 1.60 bits per heavy atom. The first kappa shape index (κ1) is 15.7. The van der Waals surface area contributed by atoms with Gasteiger partial charge in [-0.25, -0.2) is 0 Å². The SMILES string of the molecule is N#[C][Fe].[KH].[Mn]. The van der Waals surface area contributed by atoms with Crippen LogP contribution in [-0.4, -0.2) is 51.4 Å². The van der Waals surface area contributed by atoms with Crippen molar-refractivity contribution < 1.29 is 33.1 Å². The van der Waals surface area contributed by atoms with Crippen LogP contribution in [0.5, 0.6) is 0 Å². The molecule has 0 aliphatic rings. The van der Waals surface area contributed by atoms with Crippen molar-refractivity contribution in [2.45, 2.75) is 0 Å². The molecular formula is CHFeKMnN. The molecule has 0 rings (SSSR count). The summed E-state index contributed by atoms with van der Waals surface area (Å²) in [6, 6.07) is 0. The Hall–Kier alpha value is 2.17. The number of nitriles is 1. The average Bonchev–Trinajstić information content (AvgIpc) is 0.918. The van der Waals surface area contributed by atoms with Crippen LogP contribution in [0.4, 0.5) is 0 Å². The maximum atomic E-state index is 7.21. The molecule has 1 radical (unpaired) electrons. The Kier molecular flexibility index (Phi) is 51.5. The monoisotopic (exact) mass is 177 g/mol. The molecule has 26 valence electrons. The molecule has 0 aromatic rings. The van der Waals surface area contributed by atoms with E-state index in [2.05, 4.69) is 16.0 Å². The third kappa shape index (κ3) is 22.8. The number of hydrogen-bond acceptors (Lipinski definition) is 1. The summed E-state index contributed by atoms with van der Waals surface area (Å²) in [5.41, 5.74) is 0. The van der Waals surface area contributed by atoms with Crippen molar-refractivity contribution in [3.63, 3.8) is 0 Å². The Morgan fingerprint density at radius 1 is 1.60 bits per heavy atom. The van der Waals surface area contributed by atoms with Crippen LogP contribution in [0.2, 0.25) is 0 Å². The first-order valence-electron chi connectivity index (χ1n) is 0.400. The molecule has 0 atom stereocenters. The molecule has 0 aliphatic heterocycles. The van der Waals surface area contributed by atoms with E-state index in [0.717, 1.165) is 0 Å². The van der Waals surface area contributed by atoms with E-state index in [1.54, 1.807) is 0 Å². The van der Waals surface area contributed by atoms with Crippen molar-refractivity contribution in [1.82, 2.24) is 0 Å². The van der Waals surface area contributed by atoms with Crippen molar-refractivity contribution in [3.05, 3.63) is 0 Å². The van der Waals surface area contributed by atoms with E-state index in [-0.39, 0.29) is 68.5 Å². The zero-order valence-corrected chi connectivity index (χ0v) is 3.96. The van der Waals surface area contributed by atoms with Gasteiger partial charge in [-0.1, -0.05) is 0 Å². The zero-order chi connectivity index (χ0) is 2.71. The van der Waals surface area contributed by atoms with Gasteiger partial charge in [-0.15, -0.1) is 0 Å². The van der Waals surface area contributed by atoms with Crippen LogP contribution in [0.1, 0.15) is 0 Å². The van der Waals surface area contributed by atoms with E-state index in [1.165, 1.54) is 4.97 Å². The molecular weight excluding hydrogens is 176 g/mol. The van der Waals surface area contributed by atoms with Gasteiger partial charge in [0.15, 0.2) is 0 Å². The van der Waals surface area contributed by atoms with Crippen molar-refractivity contribution in [2.24, 2.45) is 0 Å². The minimum absolute atomic E-state index is 0. The Labute approximate surface area is 92.6 Å². The minimum atomic E-state index is 0. The molecule has 0 N–H and O–H groups in total. The molecule has 0 saturated heterocycles. The summed E-state index contributed by atoms with van der Waals surface area (Å²) < 4.78 is 0. The van der Waals surface area contributed by atoms with Gasteiger partial charge < -0.3 is 0 Å².